The standard InChI is InChI=1S/C9H19NO2S/c1-8(9(11)12-2)10-6-4-5-7-13-3/h8,10H,4-7H2,1-3H3/t8-/m0/s1. The molecule has 0 fully saturated rings. The van der Waals surface area contributed by atoms with Crippen LogP contribution in [-0.2, 0) is 9.53 Å². The number of unbranched alkanes of at least 4 members (excludes halogenated alkanes) is 1. The van der Waals surface area contributed by atoms with Crippen LogP contribution < -0.4 is 5.32 Å². The van der Waals surface area contributed by atoms with Crippen LogP contribution >= 0.6 is 11.8 Å². The first kappa shape index (κ1) is 12.8. The Hall–Kier alpha value is -0.220. The van der Waals surface area contributed by atoms with Crippen molar-refractivity contribution in [3.63, 3.8) is 0 Å². The van der Waals surface area contributed by atoms with Crippen molar-refractivity contribution in [2.24, 2.45) is 0 Å². The van der Waals surface area contributed by atoms with Crippen LogP contribution in [0.4, 0.5) is 0 Å². The molecule has 0 unspecified atom stereocenters. The number of ether oxygens (including phenoxy) is 1. The number of nitrogens with one attached hydrogen (secondary N) is 1. The Labute approximate surface area is 84.6 Å². The molecule has 0 aromatic rings. The van der Waals surface area contributed by atoms with E-state index in [9.17, 15) is 4.79 Å². The molecule has 1 atom stereocenters. The summed E-state index contributed by atoms with van der Waals surface area (Å²) in [6.45, 7) is 2.71. The van der Waals surface area contributed by atoms with Crippen molar-refractivity contribution in [2.45, 2.75) is 25.8 Å². The van der Waals surface area contributed by atoms with E-state index in [1.165, 1.54) is 19.3 Å². The smallest absolute Gasteiger partial charge is 0.322 e. The molecule has 0 spiro atoms. The average Bonchev–Trinajstić information content (AvgIpc) is 2.16. The molecule has 0 aromatic heterocycles. The lowest BCUT2D eigenvalue weighted by Gasteiger charge is -2.10. The van der Waals surface area contributed by atoms with E-state index in [1.807, 2.05) is 18.7 Å². The number of carbonyl (C=O) groups excluding carboxylic acids is 1. The Morgan fingerprint density at radius 1 is 1.54 bits per heavy atom. The lowest BCUT2D eigenvalue weighted by molar-refractivity contribution is -0.142. The van der Waals surface area contributed by atoms with Crippen LogP contribution in [-0.4, -0.2) is 37.7 Å². The van der Waals surface area contributed by atoms with Gasteiger partial charge in [-0.15, -0.1) is 0 Å². The molecule has 1 N–H and O–H groups in total. The van der Waals surface area contributed by atoms with Gasteiger partial charge in [0.15, 0.2) is 0 Å². The van der Waals surface area contributed by atoms with Crippen LogP contribution in [0.3, 0.4) is 0 Å². The van der Waals surface area contributed by atoms with E-state index in [0.717, 1.165) is 13.0 Å². The van der Waals surface area contributed by atoms with Gasteiger partial charge in [0, 0.05) is 0 Å². The predicted octanol–water partition coefficient (Wildman–Crippen LogP) is 1.28. The Morgan fingerprint density at radius 2 is 2.23 bits per heavy atom. The third kappa shape index (κ3) is 6.90. The van der Waals surface area contributed by atoms with E-state index in [4.69, 9.17) is 0 Å². The number of thioether (sulfide) groups is 1. The van der Waals surface area contributed by atoms with Crippen LogP contribution in [0.2, 0.25) is 0 Å². The van der Waals surface area contributed by atoms with Crippen molar-refractivity contribution >= 4 is 17.7 Å². The largest absolute Gasteiger partial charge is 0.468 e. The highest BCUT2D eigenvalue weighted by atomic mass is 32.2. The summed E-state index contributed by atoms with van der Waals surface area (Å²) in [6.07, 6.45) is 4.41. The molecule has 4 heteroatoms. The first-order valence-corrected chi connectivity index (χ1v) is 5.92. The van der Waals surface area contributed by atoms with E-state index >= 15 is 0 Å². The van der Waals surface area contributed by atoms with Gasteiger partial charge in [0.25, 0.3) is 0 Å². The fourth-order valence-corrected chi connectivity index (χ4v) is 1.44. The Balaban J connectivity index is 3.26. The van der Waals surface area contributed by atoms with Crippen LogP contribution in [0.5, 0.6) is 0 Å². The normalized spacial score (nSPS) is 12.5. The summed E-state index contributed by atoms with van der Waals surface area (Å²) in [5, 5.41) is 3.11. The quantitative estimate of drug-likeness (QED) is 0.502. The second-order valence-corrected chi connectivity index (χ2v) is 3.88. The van der Waals surface area contributed by atoms with Crippen LogP contribution in [0.1, 0.15) is 19.8 Å². The highest BCUT2D eigenvalue weighted by Gasteiger charge is 2.10. The number of carbonyl (C=O) groups is 1. The average molecular weight is 205 g/mol. The van der Waals surface area contributed by atoms with Gasteiger partial charge in [-0.2, -0.15) is 11.8 Å². The topological polar surface area (TPSA) is 38.3 Å². The van der Waals surface area contributed by atoms with Crippen LogP contribution in [0.25, 0.3) is 0 Å². The minimum absolute atomic E-state index is 0.181. The molecule has 78 valence electrons. The number of esters is 1. The molecule has 0 aliphatic rings. The lowest BCUT2D eigenvalue weighted by Crippen LogP contribution is -2.35. The monoisotopic (exact) mass is 205 g/mol. The highest BCUT2D eigenvalue weighted by Crippen LogP contribution is 1.98. The van der Waals surface area contributed by atoms with Crippen molar-refractivity contribution in [1.82, 2.24) is 5.32 Å². The minimum Gasteiger partial charge on any atom is -0.468 e. The maximum atomic E-state index is 10.9. The summed E-state index contributed by atoms with van der Waals surface area (Å²) >= 11 is 1.85. The van der Waals surface area contributed by atoms with Gasteiger partial charge in [0.2, 0.25) is 0 Å². The molecule has 0 aromatic carbocycles. The zero-order chi connectivity index (χ0) is 10.1. The number of hydrogen-bond acceptors (Lipinski definition) is 4. The summed E-state index contributed by atoms with van der Waals surface area (Å²) in [7, 11) is 1.41. The molecular formula is C9H19NO2S. The maximum absolute atomic E-state index is 10.9. The van der Waals surface area contributed by atoms with Gasteiger partial charge in [0.05, 0.1) is 7.11 Å². The molecule has 0 saturated heterocycles. The van der Waals surface area contributed by atoms with Crippen molar-refractivity contribution in [3.05, 3.63) is 0 Å². The fourth-order valence-electron chi connectivity index (χ4n) is 0.950. The van der Waals surface area contributed by atoms with Crippen LogP contribution in [0, 0.1) is 0 Å². The predicted molar refractivity (Wildman–Crippen MR) is 57.1 cm³/mol. The lowest BCUT2D eigenvalue weighted by atomic mass is 10.3. The SMILES string of the molecule is COC(=O)[C@H](C)NCCCCSC. The first-order chi connectivity index (χ1) is 6.22. The zero-order valence-electron chi connectivity index (χ0n) is 8.63. The van der Waals surface area contributed by atoms with Gasteiger partial charge < -0.3 is 10.1 Å². The number of rotatable bonds is 7. The van der Waals surface area contributed by atoms with E-state index in [0.29, 0.717) is 0 Å². The third-order valence-corrected chi connectivity index (χ3v) is 2.48. The van der Waals surface area contributed by atoms with Gasteiger partial charge in [-0.1, -0.05) is 0 Å². The van der Waals surface area contributed by atoms with Gasteiger partial charge in [-0.05, 0) is 38.3 Å². The molecule has 13 heavy (non-hydrogen) atoms. The van der Waals surface area contributed by atoms with E-state index in [2.05, 4.69) is 16.3 Å². The molecular weight excluding hydrogens is 186 g/mol. The molecule has 0 heterocycles. The van der Waals surface area contributed by atoms with E-state index in [-0.39, 0.29) is 12.0 Å². The Bertz CT molecular complexity index is 142. The van der Waals surface area contributed by atoms with Crippen molar-refractivity contribution in [2.75, 3.05) is 25.7 Å². The highest BCUT2D eigenvalue weighted by molar-refractivity contribution is 7.98. The summed E-state index contributed by atoms with van der Waals surface area (Å²) in [5.74, 6) is 0.999. The van der Waals surface area contributed by atoms with Gasteiger partial charge in [-0.3, -0.25) is 4.79 Å². The van der Waals surface area contributed by atoms with E-state index in [1.54, 1.807) is 0 Å². The zero-order valence-corrected chi connectivity index (χ0v) is 9.45. The molecule has 0 aliphatic heterocycles. The molecule has 0 rings (SSSR count). The van der Waals surface area contributed by atoms with Crippen molar-refractivity contribution in [1.29, 1.82) is 0 Å². The van der Waals surface area contributed by atoms with Gasteiger partial charge in [0.1, 0.15) is 6.04 Å². The van der Waals surface area contributed by atoms with Crippen molar-refractivity contribution in [3.8, 4) is 0 Å². The Kier molecular flexibility index (Phi) is 8.24. The first-order valence-electron chi connectivity index (χ1n) is 4.52. The Morgan fingerprint density at radius 3 is 2.77 bits per heavy atom. The molecule has 0 radical (unpaired) electrons. The molecule has 0 amide bonds. The van der Waals surface area contributed by atoms with Crippen molar-refractivity contribution < 1.29 is 9.53 Å². The van der Waals surface area contributed by atoms with Gasteiger partial charge >= 0.3 is 5.97 Å². The molecule has 0 bridgehead atoms. The van der Waals surface area contributed by atoms with Crippen LogP contribution in [0.15, 0.2) is 0 Å². The fraction of sp³-hybridized carbons (Fsp3) is 0.889. The van der Waals surface area contributed by atoms with Gasteiger partial charge in [-0.25, -0.2) is 0 Å². The molecule has 0 saturated carbocycles. The van der Waals surface area contributed by atoms with E-state index < -0.39 is 0 Å². The second kappa shape index (κ2) is 8.38. The summed E-state index contributed by atoms with van der Waals surface area (Å²) in [6, 6.07) is -0.181. The minimum atomic E-state index is -0.190. The third-order valence-electron chi connectivity index (χ3n) is 1.78. The maximum Gasteiger partial charge on any atom is 0.322 e. The summed E-state index contributed by atoms with van der Waals surface area (Å²) in [4.78, 5) is 10.9. The second-order valence-electron chi connectivity index (χ2n) is 2.90. The number of hydrogen-bond donors (Lipinski definition) is 1. The molecule has 3 nitrogen and oxygen atoms in total. The number of methoxy groups -OCH3 is 1. The summed E-state index contributed by atoms with van der Waals surface area (Å²) in [5.41, 5.74) is 0. The summed E-state index contributed by atoms with van der Waals surface area (Å²) < 4.78 is 4.58. The molecule has 0 aliphatic carbocycles.